The topological polar surface area (TPSA) is 49.6 Å². The van der Waals surface area contributed by atoms with E-state index in [0.29, 0.717) is 0 Å². The molecule has 1 fully saturated rings. The summed E-state index contributed by atoms with van der Waals surface area (Å²) in [6.07, 6.45) is 0. The number of hydrogen-bond donors (Lipinski definition) is 1. The number of amides is 1. The second-order valence-electron chi connectivity index (χ2n) is 6.20. The number of aryl methyl sites for hydroxylation is 1. The van der Waals surface area contributed by atoms with E-state index in [1.165, 1.54) is 10.4 Å². The molecule has 1 saturated heterocycles. The maximum atomic E-state index is 12.6. The van der Waals surface area contributed by atoms with Crippen LogP contribution in [0.2, 0.25) is 4.34 Å². The molecule has 1 amide bonds. The molecule has 2 N–H and O–H groups in total. The number of piperazine rings is 1. The number of nitrogens with two attached hydrogens (primary N) is 1. The van der Waals surface area contributed by atoms with Crippen LogP contribution in [0.4, 0.5) is 0 Å². The molecule has 3 rings (SSSR count). The van der Waals surface area contributed by atoms with Gasteiger partial charge in [0.2, 0.25) is 5.91 Å². The van der Waals surface area contributed by atoms with Crippen molar-refractivity contribution in [1.82, 2.24) is 9.80 Å². The highest BCUT2D eigenvalue weighted by molar-refractivity contribution is 7.16. The molecule has 2 heterocycles. The molecule has 4 nitrogen and oxygen atoms in total. The van der Waals surface area contributed by atoms with E-state index in [4.69, 9.17) is 17.3 Å². The number of rotatable bonds is 4. The van der Waals surface area contributed by atoms with Gasteiger partial charge in [0.15, 0.2) is 0 Å². The van der Waals surface area contributed by atoms with Gasteiger partial charge in [-0.15, -0.1) is 11.3 Å². The molecular formula is C18H22ClN3OS. The molecule has 0 radical (unpaired) electrons. The van der Waals surface area contributed by atoms with Crippen molar-refractivity contribution in [3.63, 3.8) is 0 Å². The van der Waals surface area contributed by atoms with Crippen molar-refractivity contribution < 1.29 is 4.79 Å². The Labute approximate surface area is 151 Å². The first-order valence-corrected chi connectivity index (χ1v) is 9.30. The monoisotopic (exact) mass is 363 g/mol. The lowest BCUT2D eigenvalue weighted by atomic mass is 10.0. The zero-order chi connectivity index (χ0) is 17.1. The van der Waals surface area contributed by atoms with Crippen LogP contribution in [0.3, 0.4) is 0 Å². The highest BCUT2D eigenvalue weighted by atomic mass is 35.5. The fourth-order valence-corrected chi connectivity index (χ4v) is 4.03. The summed E-state index contributed by atoms with van der Waals surface area (Å²) in [4.78, 5) is 18.1. The molecule has 0 aliphatic carbocycles. The van der Waals surface area contributed by atoms with Crippen molar-refractivity contribution in [2.75, 3.05) is 26.2 Å². The van der Waals surface area contributed by atoms with Crippen LogP contribution >= 0.6 is 22.9 Å². The SMILES string of the molecule is Cc1ccc(C(N)C(=O)N2CCN(Cc3ccc(Cl)s3)CC2)cc1. The van der Waals surface area contributed by atoms with Crippen molar-refractivity contribution in [1.29, 1.82) is 0 Å². The summed E-state index contributed by atoms with van der Waals surface area (Å²) >= 11 is 7.59. The van der Waals surface area contributed by atoms with Crippen LogP contribution in [0.5, 0.6) is 0 Å². The first kappa shape index (κ1) is 17.4. The highest BCUT2D eigenvalue weighted by Crippen LogP contribution is 2.23. The third-order valence-corrected chi connectivity index (χ3v) is 5.61. The molecule has 1 aliphatic heterocycles. The second-order valence-corrected chi connectivity index (χ2v) is 8.00. The van der Waals surface area contributed by atoms with Gasteiger partial charge >= 0.3 is 0 Å². The van der Waals surface area contributed by atoms with Crippen molar-refractivity contribution >= 4 is 28.8 Å². The second kappa shape index (κ2) is 7.66. The molecule has 6 heteroatoms. The molecule has 1 aliphatic rings. The Kier molecular flexibility index (Phi) is 5.56. The third-order valence-electron chi connectivity index (χ3n) is 4.39. The number of benzene rings is 1. The summed E-state index contributed by atoms with van der Waals surface area (Å²) < 4.78 is 0.822. The lowest BCUT2D eigenvalue weighted by Crippen LogP contribution is -2.50. The molecule has 128 valence electrons. The molecule has 1 atom stereocenters. The summed E-state index contributed by atoms with van der Waals surface area (Å²) in [5.74, 6) is 0.0117. The van der Waals surface area contributed by atoms with Crippen LogP contribution in [-0.4, -0.2) is 41.9 Å². The number of thiophene rings is 1. The number of carbonyl (C=O) groups excluding carboxylic acids is 1. The Bertz CT molecular complexity index is 693. The minimum Gasteiger partial charge on any atom is -0.338 e. The predicted molar refractivity (Wildman–Crippen MR) is 99.3 cm³/mol. The standard InChI is InChI=1S/C18H22ClN3OS/c1-13-2-4-14(5-3-13)17(20)18(23)22-10-8-21(9-11-22)12-15-6-7-16(19)24-15/h2-7,17H,8-12,20H2,1H3. The molecule has 2 aromatic rings. The van der Waals surface area contributed by atoms with E-state index in [1.54, 1.807) is 11.3 Å². The minimum atomic E-state index is -0.576. The van der Waals surface area contributed by atoms with Gasteiger partial charge in [0.05, 0.1) is 4.34 Å². The highest BCUT2D eigenvalue weighted by Gasteiger charge is 2.26. The van der Waals surface area contributed by atoms with Crippen LogP contribution < -0.4 is 5.73 Å². The molecule has 1 aromatic carbocycles. The average Bonchev–Trinajstić information content (AvgIpc) is 3.00. The van der Waals surface area contributed by atoms with Gasteiger partial charge in [0.1, 0.15) is 6.04 Å². The summed E-state index contributed by atoms with van der Waals surface area (Å²) in [5, 5.41) is 0. The zero-order valence-electron chi connectivity index (χ0n) is 13.7. The maximum Gasteiger partial charge on any atom is 0.244 e. The summed E-state index contributed by atoms with van der Waals surface area (Å²) in [5.41, 5.74) is 8.21. The van der Waals surface area contributed by atoms with Gasteiger partial charge in [-0.2, -0.15) is 0 Å². The van der Waals surface area contributed by atoms with Crippen LogP contribution in [0.15, 0.2) is 36.4 Å². The molecule has 0 spiro atoms. The maximum absolute atomic E-state index is 12.6. The van der Waals surface area contributed by atoms with Crippen LogP contribution in [0, 0.1) is 6.92 Å². The van der Waals surface area contributed by atoms with E-state index in [2.05, 4.69) is 11.0 Å². The van der Waals surface area contributed by atoms with E-state index in [0.717, 1.165) is 42.6 Å². The van der Waals surface area contributed by atoms with Gasteiger partial charge in [-0.05, 0) is 24.6 Å². The summed E-state index contributed by atoms with van der Waals surface area (Å²) in [7, 11) is 0. The molecule has 0 bridgehead atoms. The average molecular weight is 364 g/mol. The van der Waals surface area contributed by atoms with Crippen LogP contribution in [-0.2, 0) is 11.3 Å². The Morgan fingerprint density at radius 3 is 2.42 bits per heavy atom. The fraction of sp³-hybridized carbons (Fsp3) is 0.389. The predicted octanol–water partition coefficient (Wildman–Crippen LogP) is 3.05. The Morgan fingerprint density at radius 1 is 1.17 bits per heavy atom. The van der Waals surface area contributed by atoms with Gasteiger partial charge in [0.25, 0.3) is 0 Å². The number of carbonyl (C=O) groups is 1. The Morgan fingerprint density at radius 2 is 1.83 bits per heavy atom. The first-order chi connectivity index (χ1) is 11.5. The Hall–Kier alpha value is -1.40. The smallest absolute Gasteiger partial charge is 0.244 e. The number of nitrogens with zero attached hydrogens (tertiary/aromatic N) is 2. The first-order valence-electron chi connectivity index (χ1n) is 8.10. The van der Waals surface area contributed by atoms with E-state index in [9.17, 15) is 4.79 Å². The van der Waals surface area contributed by atoms with Crippen molar-refractivity contribution in [2.24, 2.45) is 5.73 Å². The van der Waals surface area contributed by atoms with Gasteiger partial charge in [-0.3, -0.25) is 9.69 Å². The largest absolute Gasteiger partial charge is 0.338 e. The van der Waals surface area contributed by atoms with Crippen LogP contribution in [0.25, 0.3) is 0 Å². The lowest BCUT2D eigenvalue weighted by Gasteiger charge is -2.35. The quantitative estimate of drug-likeness (QED) is 0.908. The van der Waals surface area contributed by atoms with E-state index in [-0.39, 0.29) is 5.91 Å². The van der Waals surface area contributed by atoms with Crippen LogP contribution in [0.1, 0.15) is 22.0 Å². The van der Waals surface area contributed by atoms with Gasteiger partial charge < -0.3 is 10.6 Å². The third kappa shape index (κ3) is 4.16. The minimum absolute atomic E-state index is 0.0117. The van der Waals surface area contributed by atoms with Crippen molar-refractivity contribution in [3.8, 4) is 0 Å². The zero-order valence-corrected chi connectivity index (χ0v) is 15.3. The Balaban J connectivity index is 1.53. The molecule has 24 heavy (non-hydrogen) atoms. The lowest BCUT2D eigenvalue weighted by molar-refractivity contribution is -0.134. The fourth-order valence-electron chi connectivity index (χ4n) is 2.90. The number of halogens is 1. The van der Waals surface area contributed by atoms with Crippen molar-refractivity contribution in [2.45, 2.75) is 19.5 Å². The van der Waals surface area contributed by atoms with E-state index >= 15 is 0 Å². The molecule has 0 saturated carbocycles. The molecule has 1 unspecified atom stereocenters. The molecular weight excluding hydrogens is 342 g/mol. The summed E-state index contributed by atoms with van der Waals surface area (Å²) in [6.45, 7) is 6.08. The van der Waals surface area contributed by atoms with Gasteiger partial charge in [-0.1, -0.05) is 41.4 Å². The van der Waals surface area contributed by atoms with Crippen molar-refractivity contribution in [3.05, 3.63) is 56.7 Å². The van der Waals surface area contributed by atoms with Gasteiger partial charge in [-0.25, -0.2) is 0 Å². The van der Waals surface area contributed by atoms with E-state index in [1.807, 2.05) is 42.2 Å². The number of hydrogen-bond acceptors (Lipinski definition) is 4. The van der Waals surface area contributed by atoms with Gasteiger partial charge in [0, 0.05) is 37.6 Å². The molecule has 1 aromatic heterocycles. The normalized spacial score (nSPS) is 17.0. The van der Waals surface area contributed by atoms with E-state index < -0.39 is 6.04 Å². The summed E-state index contributed by atoms with van der Waals surface area (Å²) in [6, 6.07) is 11.3.